The molecule has 0 aliphatic heterocycles. The van der Waals surface area contributed by atoms with E-state index in [2.05, 4.69) is 16.0 Å². The number of carbonyl (C=O) groups excluding carboxylic acids is 3. The number of amides is 3. The number of benzene rings is 2. The molecule has 0 heterocycles. The number of rotatable bonds is 8. The van der Waals surface area contributed by atoms with Crippen molar-refractivity contribution in [2.75, 3.05) is 11.9 Å². The van der Waals surface area contributed by atoms with Crippen molar-refractivity contribution in [1.82, 2.24) is 10.6 Å². The number of hydrogen-bond donors (Lipinski definition) is 3. The summed E-state index contributed by atoms with van der Waals surface area (Å²) in [6.07, 6.45) is -0.0587. The average Bonchev–Trinajstić information content (AvgIpc) is 2.69. The van der Waals surface area contributed by atoms with Crippen LogP contribution in [-0.4, -0.2) is 30.1 Å². The molecule has 0 atom stereocenters. The van der Waals surface area contributed by atoms with E-state index in [9.17, 15) is 18.8 Å². The summed E-state index contributed by atoms with van der Waals surface area (Å²) in [6.45, 7) is 5.15. The van der Waals surface area contributed by atoms with Gasteiger partial charge in [0, 0.05) is 18.7 Å². The normalized spacial score (nSPS) is 10.8. The lowest BCUT2D eigenvalue weighted by Gasteiger charge is -2.19. The zero-order valence-electron chi connectivity index (χ0n) is 18.0. The first-order valence-electron chi connectivity index (χ1n) is 9.98. The maximum absolute atomic E-state index is 13.2. The first-order valence-corrected chi connectivity index (χ1v) is 9.98. The Balaban J connectivity index is 1.82. The van der Waals surface area contributed by atoms with Crippen LogP contribution < -0.4 is 16.0 Å². The Bertz CT molecular complexity index is 925. The van der Waals surface area contributed by atoms with Crippen LogP contribution in [0.2, 0.25) is 0 Å². The molecule has 0 spiro atoms. The summed E-state index contributed by atoms with van der Waals surface area (Å²) < 4.78 is 18.3. The molecule has 0 saturated heterocycles. The zero-order chi connectivity index (χ0) is 22.9. The molecule has 2 aromatic rings. The number of para-hydroxylation sites is 1. The lowest BCUT2D eigenvalue weighted by atomic mass is 10.1. The van der Waals surface area contributed by atoms with Crippen molar-refractivity contribution in [2.24, 2.45) is 0 Å². The van der Waals surface area contributed by atoms with Gasteiger partial charge in [-0.1, -0.05) is 30.3 Å². The molecular weight excluding hydrogens is 401 g/mol. The predicted octanol–water partition coefficient (Wildman–Crippen LogP) is 3.54. The number of aryl methyl sites for hydroxylation is 1. The summed E-state index contributed by atoms with van der Waals surface area (Å²) in [7, 11) is 0. The van der Waals surface area contributed by atoms with Gasteiger partial charge in [-0.2, -0.15) is 0 Å². The summed E-state index contributed by atoms with van der Waals surface area (Å²) in [5, 5.41) is 7.90. The second kappa shape index (κ2) is 11.1. The Morgan fingerprint density at radius 2 is 1.71 bits per heavy atom. The number of hydrogen-bond acceptors (Lipinski definition) is 4. The van der Waals surface area contributed by atoms with Crippen molar-refractivity contribution in [3.05, 3.63) is 65.5 Å². The highest BCUT2D eigenvalue weighted by molar-refractivity contribution is 5.91. The highest BCUT2D eigenvalue weighted by atomic mass is 19.1. The fourth-order valence-electron chi connectivity index (χ4n) is 2.68. The SMILES string of the molecule is CC(C)(C)OC(=O)NCC(=O)NCc1ccccc1NC(=O)CCc1cccc(F)c1. The first kappa shape index (κ1) is 23.9. The summed E-state index contributed by atoms with van der Waals surface area (Å²) in [5.74, 6) is -0.937. The third-order valence-electron chi connectivity index (χ3n) is 4.09. The highest BCUT2D eigenvalue weighted by Gasteiger charge is 2.16. The van der Waals surface area contributed by atoms with Gasteiger partial charge in [-0.05, 0) is 56.5 Å². The molecular formula is C23H28FN3O4. The molecule has 0 aromatic heterocycles. The Labute approximate surface area is 181 Å². The molecule has 0 unspecified atom stereocenters. The molecule has 3 N–H and O–H groups in total. The number of carbonyl (C=O) groups is 3. The molecule has 0 aliphatic carbocycles. The van der Waals surface area contributed by atoms with Crippen LogP contribution in [0.1, 0.15) is 38.3 Å². The molecule has 8 heteroatoms. The second-order valence-corrected chi connectivity index (χ2v) is 7.97. The highest BCUT2D eigenvalue weighted by Crippen LogP contribution is 2.16. The predicted molar refractivity (Wildman–Crippen MR) is 116 cm³/mol. The number of ether oxygens (including phenoxy) is 1. The van der Waals surface area contributed by atoms with Gasteiger partial charge in [-0.15, -0.1) is 0 Å². The van der Waals surface area contributed by atoms with Gasteiger partial charge in [0.05, 0.1) is 0 Å². The molecule has 0 saturated carbocycles. The number of halogens is 1. The standard InChI is InChI=1S/C23H28FN3O4/c1-23(2,3)31-22(30)26-15-21(29)25-14-17-8-4-5-10-19(17)27-20(28)12-11-16-7-6-9-18(24)13-16/h4-10,13H,11-12,14-15H2,1-3H3,(H,25,29)(H,26,30)(H,27,28). The van der Waals surface area contributed by atoms with Crippen molar-refractivity contribution < 1.29 is 23.5 Å². The van der Waals surface area contributed by atoms with E-state index >= 15 is 0 Å². The minimum absolute atomic E-state index is 0.176. The minimum atomic E-state index is -0.673. The van der Waals surface area contributed by atoms with Gasteiger partial charge in [0.15, 0.2) is 0 Å². The number of alkyl carbamates (subject to hydrolysis) is 1. The minimum Gasteiger partial charge on any atom is -0.444 e. The van der Waals surface area contributed by atoms with Crippen molar-refractivity contribution in [2.45, 2.75) is 45.8 Å². The maximum atomic E-state index is 13.2. The Morgan fingerprint density at radius 1 is 0.968 bits per heavy atom. The maximum Gasteiger partial charge on any atom is 0.408 e. The van der Waals surface area contributed by atoms with Crippen molar-refractivity contribution in [1.29, 1.82) is 0 Å². The molecule has 3 amide bonds. The second-order valence-electron chi connectivity index (χ2n) is 7.97. The molecule has 2 rings (SSSR count). The fraction of sp³-hybridized carbons (Fsp3) is 0.348. The summed E-state index contributed by atoms with van der Waals surface area (Å²) in [4.78, 5) is 35.9. The van der Waals surface area contributed by atoms with Gasteiger partial charge in [-0.3, -0.25) is 9.59 Å². The Kier molecular flexibility index (Phi) is 8.54. The van der Waals surface area contributed by atoms with Crippen LogP contribution in [0.5, 0.6) is 0 Å². The molecule has 0 fully saturated rings. The van der Waals surface area contributed by atoms with E-state index in [4.69, 9.17) is 4.74 Å². The largest absolute Gasteiger partial charge is 0.444 e. The fourth-order valence-corrected chi connectivity index (χ4v) is 2.68. The Morgan fingerprint density at radius 3 is 2.42 bits per heavy atom. The van der Waals surface area contributed by atoms with Gasteiger partial charge >= 0.3 is 6.09 Å². The van der Waals surface area contributed by atoms with Crippen LogP contribution in [0.15, 0.2) is 48.5 Å². The number of anilines is 1. The van der Waals surface area contributed by atoms with E-state index in [0.29, 0.717) is 17.7 Å². The molecule has 0 bridgehead atoms. The van der Waals surface area contributed by atoms with E-state index in [1.165, 1.54) is 12.1 Å². The van der Waals surface area contributed by atoms with Crippen molar-refractivity contribution in [3.8, 4) is 0 Å². The topological polar surface area (TPSA) is 96.5 Å². The summed E-state index contributed by atoms with van der Waals surface area (Å²) in [5.41, 5.74) is 1.39. The first-order chi connectivity index (χ1) is 14.6. The smallest absolute Gasteiger partial charge is 0.408 e. The van der Waals surface area contributed by atoms with E-state index in [-0.39, 0.29) is 31.2 Å². The van der Waals surface area contributed by atoms with Crippen LogP contribution in [0.4, 0.5) is 14.9 Å². The molecule has 7 nitrogen and oxygen atoms in total. The molecule has 2 aromatic carbocycles. The van der Waals surface area contributed by atoms with Gasteiger partial charge in [0.1, 0.15) is 18.0 Å². The van der Waals surface area contributed by atoms with Gasteiger partial charge in [0.25, 0.3) is 0 Å². The van der Waals surface area contributed by atoms with Gasteiger partial charge in [0.2, 0.25) is 11.8 Å². The molecule has 0 aliphatic rings. The van der Waals surface area contributed by atoms with Gasteiger partial charge < -0.3 is 20.7 Å². The third-order valence-corrected chi connectivity index (χ3v) is 4.09. The van der Waals surface area contributed by atoms with E-state index in [1.807, 2.05) is 0 Å². The third kappa shape index (κ3) is 9.29. The lowest BCUT2D eigenvalue weighted by Crippen LogP contribution is -2.39. The van der Waals surface area contributed by atoms with E-state index < -0.39 is 17.6 Å². The van der Waals surface area contributed by atoms with Crippen LogP contribution in [-0.2, 0) is 27.3 Å². The number of nitrogens with one attached hydrogen (secondary N) is 3. The summed E-state index contributed by atoms with van der Waals surface area (Å²) >= 11 is 0. The van der Waals surface area contributed by atoms with Crippen LogP contribution in [0.3, 0.4) is 0 Å². The zero-order valence-corrected chi connectivity index (χ0v) is 18.0. The molecule has 31 heavy (non-hydrogen) atoms. The van der Waals surface area contributed by atoms with Gasteiger partial charge in [-0.25, -0.2) is 9.18 Å². The van der Waals surface area contributed by atoms with Crippen molar-refractivity contribution in [3.63, 3.8) is 0 Å². The lowest BCUT2D eigenvalue weighted by molar-refractivity contribution is -0.120. The van der Waals surface area contributed by atoms with Crippen LogP contribution in [0, 0.1) is 5.82 Å². The monoisotopic (exact) mass is 429 g/mol. The molecule has 166 valence electrons. The van der Waals surface area contributed by atoms with Crippen molar-refractivity contribution >= 4 is 23.6 Å². The molecule has 0 radical (unpaired) electrons. The Hall–Kier alpha value is -3.42. The van der Waals surface area contributed by atoms with E-state index in [0.717, 1.165) is 5.56 Å². The van der Waals surface area contributed by atoms with Crippen LogP contribution >= 0.6 is 0 Å². The quantitative estimate of drug-likeness (QED) is 0.598. The summed E-state index contributed by atoms with van der Waals surface area (Å²) in [6, 6.07) is 13.2. The van der Waals surface area contributed by atoms with E-state index in [1.54, 1.807) is 57.2 Å². The van der Waals surface area contributed by atoms with Crippen LogP contribution in [0.25, 0.3) is 0 Å². The average molecular weight is 429 g/mol.